The quantitative estimate of drug-likeness (QED) is 0.628. The molecule has 0 bridgehead atoms. The van der Waals surface area contributed by atoms with Crippen LogP contribution in [0.2, 0.25) is 0 Å². The number of hydrazine groups is 1. The molecule has 0 aliphatic rings. The average molecular weight is 288 g/mol. The van der Waals surface area contributed by atoms with Crippen molar-refractivity contribution < 1.29 is 9.47 Å². The van der Waals surface area contributed by atoms with Crippen molar-refractivity contribution in [2.24, 2.45) is 5.84 Å². The second-order valence-electron chi connectivity index (χ2n) is 4.59. The van der Waals surface area contributed by atoms with Gasteiger partial charge in [0.25, 0.3) is 0 Å². The summed E-state index contributed by atoms with van der Waals surface area (Å²) in [5, 5.41) is 0. The largest absolute Gasteiger partial charge is 0.439 e. The Morgan fingerprint density at radius 1 is 1.24 bits per heavy atom. The van der Waals surface area contributed by atoms with E-state index in [2.05, 4.69) is 15.4 Å². The third kappa shape index (κ3) is 3.90. The smallest absolute Gasteiger partial charge is 0.224 e. The lowest BCUT2D eigenvalue weighted by Crippen LogP contribution is -2.11. The molecule has 2 aromatic rings. The van der Waals surface area contributed by atoms with Crippen molar-refractivity contribution in [3.63, 3.8) is 0 Å². The maximum Gasteiger partial charge on any atom is 0.224 e. The number of aryl methyl sites for hydroxylation is 1. The predicted molar refractivity (Wildman–Crippen MR) is 81.2 cm³/mol. The van der Waals surface area contributed by atoms with Gasteiger partial charge in [0, 0.05) is 12.7 Å². The molecule has 0 unspecified atom stereocenters. The minimum absolute atomic E-state index is 0.315. The Morgan fingerprint density at radius 2 is 2.05 bits per heavy atom. The molecule has 1 aromatic heterocycles. The van der Waals surface area contributed by atoms with Crippen LogP contribution in [-0.4, -0.2) is 16.6 Å². The van der Waals surface area contributed by atoms with Gasteiger partial charge < -0.3 is 14.9 Å². The van der Waals surface area contributed by atoms with Crippen LogP contribution in [0.5, 0.6) is 11.6 Å². The molecule has 0 radical (unpaired) electrons. The number of rotatable bonds is 6. The van der Waals surface area contributed by atoms with E-state index < -0.39 is 0 Å². The number of anilines is 1. The Balaban J connectivity index is 2.28. The SMILES string of the molecule is CCOCc1nc(NN)cc(Oc2cccc(C)c2C)n1. The second-order valence-corrected chi connectivity index (χ2v) is 4.59. The van der Waals surface area contributed by atoms with E-state index in [0.29, 0.717) is 30.7 Å². The first-order valence-electron chi connectivity index (χ1n) is 6.80. The predicted octanol–water partition coefficient (Wildman–Crippen LogP) is 2.71. The number of nitrogen functional groups attached to an aromatic ring is 1. The normalized spacial score (nSPS) is 10.5. The van der Waals surface area contributed by atoms with Gasteiger partial charge in [-0.2, -0.15) is 4.98 Å². The Kier molecular flexibility index (Phi) is 5.08. The molecule has 0 saturated carbocycles. The first kappa shape index (κ1) is 15.2. The van der Waals surface area contributed by atoms with E-state index in [4.69, 9.17) is 15.3 Å². The van der Waals surface area contributed by atoms with Crippen LogP contribution < -0.4 is 16.0 Å². The molecule has 6 nitrogen and oxygen atoms in total. The van der Waals surface area contributed by atoms with Crippen molar-refractivity contribution in [2.75, 3.05) is 12.0 Å². The molecule has 0 saturated heterocycles. The summed E-state index contributed by atoms with van der Waals surface area (Å²) in [6.07, 6.45) is 0. The van der Waals surface area contributed by atoms with Crippen LogP contribution in [0.4, 0.5) is 5.82 Å². The summed E-state index contributed by atoms with van der Waals surface area (Å²) in [5.41, 5.74) is 4.74. The lowest BCUT2D eigenvalue weighted by atomic mass is 10.1. The minimum Gasteiger partial charge on any atom is -0.439 e. The highest BCUT2D eigenvalue weighted by molar-refractivity contribution is 5.43. The highest BCUT2D eigenvalue weighted by Crippen LogP contribution is 2.26. The van der Waals surface area contributed by atoms with E-state index in [1.807, 2.05) is 39.0 Å². The van der Waals surface area contributed by atoms with Gasteiger partial charge in [-0.05, 0) is 38.0 Å². The molecule has 21 heavy (non-hydrogen) atoms. The van der Waals surface area contributed by atoms with Gasteiger partial charge in [-0.25, -0.2) is 10.8 Å². The van der Waals surface area contributed by atoms with Gasteiger partial charge >= 0.3 is 0 Å². The molecule has 3 N–H and O–H groups in total. The molecule has 0 atom stereocenters. The summed E-state index contributed by atoms with van der Waals surface area (Å²) in [5.74, 6) is 7.63. The van der Waals surface area contributed by atoms with Crippen molar-refractivity contribution in [2.45, 2.75) is 27.4 Å². The van der Waals surface area contributed by atoms with Crippen molar-refractivity contribution in [3.05, 3.63) is 41.2 Å². The zero-order valence-electron chi connectivity index (χ0n) is 12.5. The van der Waals surface area contributed by atoms with E-state index in [0.717, 1.165) is 16.9 Å². The molecule has 1 aromatic carbocycles. The Labute approximate surface area is 124 Å². The van der Waals surface area contributed by atoms with Gasteiger partial charge in [0.05, 0.1) is 0 Å². The Morgan fingerprint density at radius 3 is 2.76 bits per heavy atom. The summed E-state index contributed by atoms with van der Waals surface area (Å²) in [7, 11) is 0. The zero-order valence-corrected chi connectivity index (χ0v) is 12.5. The first-order valence-corrected chi connectivity index (χ1v) is 6.80. The zero-order chi connectivity index (χ0) is 15.2. The van der Waals surface area contributed by atoms with E-state index >= 15 is 0 Å². The lowest BCUT2D eigenvalue weighted by molar-refractivity contribution is 0.128. The van der Waals surface area contributed by atoms with Crippen LogP contribution in [0.3, 0.4) is 0 Å². The molecular formula is C15H20N4O2. The van der Waals surface area contributed by atoms with Crippen LogP contribution in [0.15, 0.2) is 24.3 Å². The van der Waals surface area contributed by atoms with Gasteiger partial charge in [0.15, 0.2) is 5.82 Å². The van der Waals surface area contributed by atoms with Crippen LogP contribution >= 0.6 is 0 Å². The number of ether oxygens (including phenoxy) is 2. The number of hydrogen-bond donors (Lipinski definition) is 2. The van der Waals surface area contributed by atoms with Crippen molar-refractivity contribution >= 4 is 5.82 Å². The van der Waals surface area contributed by atoms with Crippen molar-refractivity contribution in [1.82, 2.24) is 9.97 Å². The summed E-state index contributed by atoms with van der Waals surface area (Å²) < 4.78 is 11.2. The lowest BCUT2D eigenvalue weighted by Gasteiger charge is -2.11. The van der Waals surface area contributed by atoms with E-state index in [1.54, 1.807) is 6.07 Å². The maximum atomic E-state index is 5.85. The van der Waals surface area contributed by atoms with Gasteiger partial charge in [0.2, 0.25) is 5.88 Å². The van der Waals surface area contributed by atoms with Crippen LogP contribution in [-0.2, 0) is 11.3 Å². The molecule has 1 heterocycles. The van der Waals surface area contributed by atoms with E-state index in [1.165, 1.54) is 0 Å². The first-order chi connectivity index (χ1) is 10.1. The molecule has 0 aliphatic carbocycles. The molecule has 6 heteroatoms. The number of benzene rings is 1. The fourth-order valence-corrected chi connectivity index (χ4v) is 1.80. The molecule has 0 aliphatic heterocycles. The van der Waals surface area contributed by atoms with Gasteiger partial charge in [-0.3, -0.25) is 0 Å². The molecule has 0 spiro atoms. The van der Waals surface area contributed by atoms with Gasteiger partial charge in [0.1, 0.15) is 18.2 Å². The third-order valence-corrected chi connectivity index (χ3v) is 3.10. The minimum atomic E-state index is 0.315. The topological polar surface area (TPSA) is 82.3 Å². The molecule has 112 valence electrons. The second kappa shape index (κ2) is 7.01. The van der Waals surface area contributed by atoms with Gasteiger partial charge in [-0.1, -0.05) is 12.1 Å². The number of aromatic nitrogens is 2. The fraction of sp³-hybridized carbons (Fsp3) is 0.333. The van der Waals surface area contributed by atoms with Crippen LogP contribution in [0.25, 0.3) is 0 Å². The molecule has 0 fully saturated rings. The number of nitrogens with two attached hydrogens (primary N) is 1. The average Bonchev–Trinajstić information content (AvgIpc) is 2.49. The number of nitrogens with one attached hydrogen (secondary N) is 1. The van der Waals surface area contributed by atoms with Crippen molar-refractivity contribution in [1.29, 1.82) is 0 Å². The molecule has 0 amide bonds. The summed E-state index contributed by atoms with van der Waals surface area (Å²) in [4.78, 5) is 8.55. The Bertz CT molecular complexity index is 617. The maximum absolute atomic E-state index is 5.85. The highest BCUT2D eigenvalue weighted by atomic mass is 16.5. The summed E-state index contributed by atoms with van der Waals surface area (Å²) >= 11 is 0. The standard InChI is InChI=1S/C15H20N4O2/c1-4-20-9-14-17-13(19-16)8-15(18-14)21-12-7-5-6-10(2)11(12)3/h5-8H,4,9,16H2,1-3H3,(H,17,18,19). The molecular weight excluding hydrogens is 268 g/mol. The monoisotopic (exact) mass is 288 g/mol. The van der Waals surface area contributed by atoms with E-state index in [-0.39, 0.29) is 0 Å². The van der Waals surface area contributed by atoms with Crippen LogP contribution in [0.1, 0.15) is 23.9 Å². The highest BCUT2D eigenvalue weighted by Gasteiger charge is 2.08. The van der Waals surface area contributed by atoms with E-state index in [9.17, 15) is 0 Å². The summed E-state index contributed by atoms with van der Waals surface area (Å²) in [6, 6.07) is 7.54. The van der Waals surface area contributed by atoms with Crippen LogP contribution in [0, 0.1) is 13.8 Å². The third-order valence-electron chi connectivity index (χ3n) is 3.10. The fourth-order valence-electron chi connectivity index (χ4n) is 1.80. The van der Waals surface area contributed by atoms with Gasteiger partial charge in [-0.15, -0.1) is 0 Å². The number of nitrogens with zero attached hydrogens (tertiary/aromatic N) is 2. The summed E-state index contributed by atoms with van der Waals surface area (Å²) in [6.45, 7) is 6.87. The number of hydrogen-bond acceptors (Lipinski definition) is 6. The molecule has 2 rings (SSSR count). The Hall–Kier alpha value is -2.18. The van der Waals surface area contributed by atoms with Crippen molar-refractivity contribution in [3.8, 4) is 11.6 Å².